The maximum Gasteiger partial charge on any atom is 0 e. The molecule has 0 unspecified atom stereocenters. The summed E-state index contributed by atoms with van der Waals surface area (Å²) in [6.45, 7) is 1.54. The molecule has 0 amide bonds. The van der Waals surface area contributed by atoms with Crippen LogP contribution in [0.1, 0.15) is 6.92 Å². The monoisotopic (exact) mass is 143 g/mol. The minimum Gasteiger partial charge on any atom is -0.694 e. The van der Waals surface area contributed by atoms with Gasteiger partial charge in [0, 0.05) is 32.7 Å². The Morgan fingerprint density at radius 3 is 1.60 bits per heavy atom. The molecule has 0 rings (SSSR count). The third-order valence-electron chi connectivity index (χ3n) is 0. The van der Waals surface area contributed by atoms with Gasteiger partial charge in [-0.15, -0.1) is 0 Å². The van der Waals surface area contributed by atoms with E-state index in [1.165, 1.54) is 0 Å². The normalized spacial score (nSPS) is 1.60. The van der Waals surface area contributed by atoms with Crippen molar-refractivity contribution in [3.63, 3.8) is 0 Å². The van der Waals surface area contributed by atoms with E-state index < -0.39 is 0 Å². The zero-order chi connectivity index (χ0) is 2.71. The molecule has 0 aromatic rings. The molecular formula is C4H6Y-2. The summed E-state index contributed by atoms with van der Waals surface area (Å²) < 4.78 is 0. The molecule has 0 aromatic carbocycles. The Hall–Kier alpha value is 0.664. The van der Waals surface area contributed by atoms with E-state index in [0.717, 1.165) is 0 Å². The predicted octanol–water partition coefficient (Wildman–Crippen LogP) is 1.04. The summed E-state index contributed by atoms with van der Waals surface area (Å²) in [6, 6.07) is 0. The number of hydrogen-bond donors (Lipinski definition) is 0. The van der Waals surface area contributed by atoms with E-state index in [9.17, 15) is 0 Å². The number of rotatable bonds is 0. The van der Waals surface area contributed by atoms with Gasteiger partial charge in [0.1, 0.15) is 0 Å². The molecule has 0 aliphatic rings. The molecule has 27 valence electrons. The first-order valence-corrected chi connectivity index (χ1v) is 0.750. The fourth-order valence-corrected chi connectivity index (χ4v) is 0. The molecule has 0 aliphatic carbocycles. The molecule has 0 bridgehead atoms. The summed E-state index contributed by atoms with van der Waals surface area (Å²) >= 11 is 0. The Morgan fingerprint density at radius 2 is 1.60 bits per heavy atom. The fourth-order valence-electron chi connectivity index (χ4n) is 0. The molecule has 0 saturated carbocycles. The first-order chi connectivity index (χ1) is 1.41. The van der Waals surface area contributed by atoms with Gasteiger partial charge in [0.25, 0.3) is 0 Å². The van der Waals surface area contributed by atoms with Crippen molar-refractivity contribution in [2.45, 2.75) is 6.92 Å². The van der Waals surface area contributed by atoms with Gasteiger partial charge < -0.3 is 19.8 Å². The van der Waals surface area contributed by atoms with Crippen LogP contribution in [-0.4, -0.2) is 0 Å². The summed E-state index contributed by atoms with van der Waals surface area (Å²) in [7, 11) is 0. The molecule has 0 heterocycles. The minimum atomic E-state index is 0. The van der Waals surface area contributed by atoms with E-state index in [-0.39, 0.29) is 40.1 Å². The maximum absolute atomic E-state index is 5.96. The van der Waals surface area contributed by atoms with Gasteiger partial charge in [0.15, 0.2) is 0 Å². The smallest absolute Gasteiger partial charge is 0 e. The van der Waals surface area contributed by atoms with Gasteiger partial charge in [-0.25, -0.2) is 0 Å². The average molecular weight is 143 g/mol. The van der Waals surface area contributed by atoms with Crippen molar-refractivity contribution in [1.82, 2.24) is 0 Å². The molecule has 0 atom stereocenters. The second-order valence-electron chi connectivity index (χ2n) is 0.250. The summed E-state index contributed by atoms with van der Waals surface area (Å²) in [6.07, 6.45) is 5.96. The van der Waals surface area contributed by atoms with Crippen LogP contribution in [0.15, 0.2) is 0 Å². The van der Waals surface area contributed by atoms with Gasteiger partial charge in [-0.3, -0.25) is 0 Å². The molecule has 1 heteroatoms. The molecule has 0 aromatic heterocycles. The summed E-state index contributed by atoms with van der Waals surface area (Å²) in [5, 5.41) is 0. The van der Waals surface area contributed by atoms with Gasteiger partial charge in [0.05, 0.1) is 0 Å². The van der Waals surface area contributed by atoms with E-state index in [1.807, 2.05) is 5.92 Å². The van der Waals surface area contributed by atoms with Gasteiger partial charge in [-0.1, -0.05) is 0 Å². The first-order valence-electron chi connectivity index (χ1n) is 0.750. The quantitative estimate of drug-likeness (QED) is 0.351. The molecule has 0 aliphatic heterocycles. The van der Waals surface area contributed by atoms with Crippen molar-refractivity contribution in [1.29, 1.82) is 0 Å². The van der Waals surface area contributed by atoms with Crippen LogP contribution in [0.4, 0.5) is 0 Å². The fraction of sp³-hybridized carbons (Fsp3) is 0.250. The van der Waals surface area contributed by atoms with Crippen LogP contribution in [0, 0.1) is 19.8 Å². The van der Waals surface area contributed by atoms with Crippen LogP contribution in [0.2, 0.25) is 0 Å². The van der Waals surface area contributed by atoms with Gasteiger partial charge >= 0.3 is 0 Å². The zero-order valence-corrected chi connectivity index (χ0v) is 6.42. The Bertz CT molecular complexity index is 25.1. The van der Waals surface area contributed by atoms with Crippen LogP contribution in [0.25, 0.3) is 0 Å². The molecule has 0 saturated heterocycles. The van der Waals surface area contributed by atoms with Crippen molar-refractivity contribution in [3.05, 3.63) is 13.9 Å². The Morgan fingerprint density at radius 1 is 1.60 bits per heavy atom. The third kappa shape index (κ3) is 75.1. The Labute approximate surface area is 59.2 Å². The van der Waals surface area contributed by atoms with Gasteiger partial charge in [-0.05, 0) is 6.92 Å². The zero-order valence-electron chi connectivity index (χ0n) is 3.58. The van der Waals surface area contributed by atoms with Crippen molar-refractivity contribution in [2.24, 2.45) is 0 Å². The van der Waals surface area contributed by atoms with Crippen LogP contribution in [0.3, 0.4) is 0 Å². The molecule has 5 heavy (non-hydrogen) atoms. The van der Waals surface area contributed by atoms with E-state index >= 15 is 0 Å². The van der Waals surface area contributed by atoms with Crippen LogP contribution >= 0.6 is 0 Å². The van der Waals surface area contributed by atoms with E-state index in [2.05, 4.69) is 0 Å². The summed E-state index contributed by atoms with van der Waals surface area (Å²) in [5.74, 6) is 2.00. The van der Waals surface area contributed by atoms with Gasteiger partial charge in [0.2, 0.25) is 0 Å². The second-order valence-corrected chi connectivity index (χ2v) is 0.250. The molecule has 1 radical (unpaired) electrons. The molecule has 0 fully saturated rings. The van der Waals surface area contributed by atoms with Crippen LogP contribution in [-0.2, 0) is 32.7 Å². The van der Waals surface area contributed by atoms with Crippen molar-refractivity contribution in [3.8, 4) is 5.92 Å². The largest absolute Gasteiger partial charge is 0.694 e. The Balaban J connectivity index is -0.0000000200. The average Bonchev–Trinajstić information content (AvgIpc) is 0.918. The molecular weight excluding hydrogens is 137 g/mol. The van der Waals surface area contributed by atoms with Crippen molar-refractivity contribution < 1.29 is 32.7 Å². The Kier molecular flexibility index (Phi) is 78.5. The third-order valence-corrected chi connectivity index (χ3v) is 0. The van der Waals surface area contributed by atoms with Crippen LogP contribution < -0.4 is 0 Å². The van der Waals surface area contributed by atoms with Crippen LogP contribution in [0.5, 0.6) is 0 Å². The maximum atomic E-state index is 5.96. The van der Waals surface area contributed by atoms with E-state index in [0.29, 0.717) is 0 Å². The summed E-state index contributed by atoms with van der Waals surface area (Å²) in [5.41, 5.74) is 0. The first kappa shape index (κ1) is 17.4. The predicted molar refractivity (Wildman–Crippen MR) is 19.2 cm³/mol. The molecule has 0 spiro atoms. The minimum absolute atomic E-state index is 0. The SMILES string of the molecule is [C-]#CC.[CH3-].[Y]. The molecule has 0 N–H and O–H groups in total. The van der Waals surface area contributed by atoms with E-state index in [4.69, 9.17) is 6.42 Å². The second kappa shape index (κ2) is 22.6. The summed E-state index contributed by atoms with van der Waals surface area (Å²) in [4.78, 5) is 0. The van der Waals surface area contributed by atoms with Crippen molar-refractivity contribution >= 4 is 0 Å². The topological polar surface area (TPSA) is 0 Å². The van der Waals surface area contributed by atoms with Crippen molar-refractivity contribution in [2.75, 3.05) is 0 Å². The van der Waals surface area contributed by atoms with Gasteiger partial charge in [-0.2, -0.15) is 0 Å². The number of hydrogen-bond acceptors (Lipinski definition) is 0. The molecule has 0 nitrogen and oxygen atoms in total. The van der Waals surface area contributed by atoms with E-state index in [1.54, 1.807) is 6.92 Å². The standard InChI is InChI=1S/C3H3.CH3.Y/c1-3-2;;/h1H3;1H3;/q2*-1;.